The van der Waals surface area contributed by atoms with Crippen LogP contribution in [0.5, 0.6) is 5.75 Å². The maximum absolute atomic E-state index is 9.62. The minimum atomic E-state index is 0.00678. The Balaban J connectivity index is 1.74. The van der Waals surface area contributed by atoms with Gasteiger partial charge in [-0.3, -0.25) is 4.90 Å². The van der Waals surface area contributed by atoms with E-state index >= 15 is 0 Å². The molecule has 2 rings (SSSR count). The molecule has 0 radical (unpaired) electrons. The van der Waals surface area contributed by atoms with Gasteiger partial charge in [-0.25, -0.2) is 0 Å². The van der Waals surface area contributed by atoms with Crippen LogP contribution in [-0.2, 0) is 9.47 Å². The molecule has 1 fully saturated rings. The molecule has 1 aliphatic heterocycles. The van der Waals surface area contributed by atoms with Gasteiger partial charge in [-0.15, -0.1) is 0 Å². The predicted molar refractivity (Wildman–Crippen MR) is 87.9 cm³/mol. The van der Waals surface area contributed by atoms with Crippen molar-refractivity contribution in [2.75, 3.05) is 26.3 Å². The van der Waals surface area contributed by atoms with Gasteiger partial charge in [0.25, 0.3) is 0 Å². The number of hydrogen-bond donors (Lipinski definition) is 1. The lowest BCUT2D eigenvalue weighted by Gasteiger charge is -2.29. The van der Waals surface area contributed by atoms with Crippen LogP contribution >= 0.6 is 0 Å². The van der Waals surface area contributed by atoms with Gasteiger partial charge in [0.2, 0.25) is 0 Å². The summed E-state index contributed by atoms with van der Waals surface area (Å²) in [4.78, 5) is 2.40. The third kappa shape index (κ3) is 5.27. The summed E-state index contributed by atoms with van der Waals surface area (Å²) in [7, 11) is 0. The third-order valence-corrected chi connectivity index (χ3v) is 4.34. The van der Waals surface area contributed by atoms with Gasteiger partial charge in [0.05, 0.1) is 6.61 Å². The minimum absolute atomic E-state index is 0.00678. The lowest BCUT2D eigenvalue weighted by molar-refractivity contribution is -0.163. The zero-order chi connectivity index (χ0) is 15.8. The largest absolute Gasteiger partial charge is 0.508 e. The molecule has 0 spiro atoms. The van der Waals surface area contributed by atoms with E-state index in [4.69, 9.17) is 9.47 Å². The SMILES string of the molecule is CCN(CCCO[C@@H]1CCCCO1)[C@@H](C)c1cccc(O)c1. The maximum atomic E-state index is 9.62. The van der Waals surface area contributed by atoms with Crippen LogP contribution in [0.25, 0.3) is 0 Å². The summed E-state index contributed by atoms with van der Waals surface area (Å²) in [6.45, 7) is 7.90. The second-order valence-corrected chi connectivity index (χ2v) is 5.92. The molecule has 1 aromatic carbocycles. The fourth-order valence-corrected chi connectivity index (χ4v) is 2.95. The van der Waals surface area contributed by atoms with E-state index in [-0.39, 0.29) is 6.29 Å². The Bertz CT molecular complexity index is 432. The minimum Gasteiger partial charge on any atom is -0.508 e. The summed E-state index contributed by atoms with van der Waals surface area (Å²) in [6.07, 6.45) is 4.39. The molecular formula is C18H29NO3. The van der Waals surface area contributed by atoms with Crippen LogP contribution < -0.4 is 0 Å². The van der Waals surface area contributed by atoms with E-state index in [1.807, 2.05) is 12.1 Å². The van der Waals surface area contributed by atoms with Gasteiger partial charge in [0.15, 0.2) is 6.29 Å². The van der Waals surface area contributed by atoms with E-state index < -0.39 is 0 Å². The summed E-state index contributed by atoms with van der Waals surface area (Å²) in [5.41, 5.74) is 1.15. The Kier molecular flexibility index (Phi) is 7.16. The van der Waals surface area contributed by atoms with Crippen LogP contribution in [0, 0.1) is 0 Å². The van der Waals surface area contributed by atoms with Gasteiger partial charge in [-0.2, -0.15) is 0 Å². The fraction of sp³-hybridized carbons (Fsp3) is 0.667. The van der Waals surface area contributed by atoms with Crippen LogP contribution in [0.4, 0.5) is 0 Å². The zero-order valence-corrected chi connectivity index (χ0v) is 13.8. The average molecular weight is 307 g/mol. The molecule has 4 nitrogen and oxygen atoms in total. The van der Waals surface area contributed by atoms with Crippen LogP contribution in [0.2, 0.25) is 0 Å². The van der Waals surface area contributed by atoms with Crippen molar-refractivity contribution in [3.05, 3.63) is 29.8 Å². The first-order valence-electron chi connectivity index (χ1n) is 8.47. The number of aromatic hydroxyl groups is 1. The molecule has 0 aromatic heterocycles. The number of phenols is 1. The highest BCUT2D eigenvalue weighted by Gasteiger charge is 2.16. The summed E-state index contributed by atoms with van der Waals surface area (Å²) < 4.78 is 11.4. The van der Waals surface area contributed by atoms with Crippen molar-refractivity contribution in [3.63, 3.8) is 0 Å². The molecule has 2 atom stereocenters. The van der Waals surface area contributed by atoms with Gasteiger partial charge >= 0.3 is 0 Å². The van der Waals surface area contributed by atoms with E-state index in [2.05, 4.69) is 24.8 Å². The normalized spacial score (nSPS) is 20.2. The monoisotopic (exact) mass is 307 g/mol. The predicted octanol–water partition coefficient (Wildman–Crippen LogP) is 3.71. The number of benzene rings is 1. The number of rotatable bonds is 8. The molecular weight excluding hydrogens is 278 g/mol. The van der Waals surface area contributed by atoms with E-state index in [1.165, 1.54) is 6.42 Å². The van der Waals surface area contributed by atoms with Crippen molar-refractivity contribution in [1.29, 1.82) is 0 Å². The Labute approximate surface area is 134 Å². The van der Waals surface area contributed by atoms with Crippen LogP contribution in [-0.4, -0.2) is 42.6 Å². The molecule has 1 N–H and O–H groups in total. The highest BCUT2D eigenvalue weighted by atomic mass is 16.7. The summed E-state index contributed by atoms with van der Waals surface area (Å²) >= 11 is 0. The van der Waals surface area contributed by atoms with E-state index in [9.17, 15) is 5.11 Å². The lowest BCUT2D eigenvalue weighted by atomic mass is 10.1. The van der Waals surface area contributed by atoms with Crippen LogP contribution in [0.1, 0.15) is 51.1 Å². The van der Waals surface area contributed by atoms with E-state index in [0.717, 1.165) is 51.1 Å². The summed E-state index contributed by atoms with van der Waals surface area (Å²) in [6, 6.07) is 7.82. The highest BCUT2D eigenvalue weighted by Crippen LogP contribution is 2.23. The second-order valence-electron chi connectivity index (χ2n) is 5.92. The van der Waals surface area contributed by atoms with Crippen molar-refractivity contribution in [2.45, 2.75) is 51.9 Å². The average Bonchev–Trinajstić information content (AvgIpc) is 2.55. The Morgan fingerprint density at radius 3 is 2.95 bits per heavy atom. The van der Waals surface area contributed by atoms with Gasteiger partial charge in [-0.1, -0.05) is 19.1 Å². The smallest absolute Gasteiger partial charge is 0.157 e. The molecule has 22 heavy (non-hydrogen) atoms. The van der Waals surface area contributed by atoms with Crippen molar-refractivity contribution < 1.29 is 14.6 Å². The molecule has 0 saturated carbocycles. The second kappa shape index (κ2) is 9.13. The van der Waals surface area contributed by atoms with Gasteiger partial charge in [0, 0.05) is 19.2 Å². The van der Waals surface area contributed by atoms with E-state index in [0.29, 0.717) is 11.8 Å². The van der Waals surface area contributed by atoms with Crippen molar-refractivity contribution in [3.8, 4) is 5.75 Å². The number of hydrogen-bond acceptors (Lipinski definition) is 4. The molecule has 4 heteroatoms. The molecule has 1 saturated heterocycles. The first kappa shape index (κ1) is 17.3. The summed E-state index contributed by atoms with van der Waals surface area (Å²) in [5.74, 6) is 0.332. The summed E-state index contributed by atoms with van der Waals surface area (Å²) in [5, 5.41) is 9.62. The number of phenolic OH excluding ortho intramolecular Hbond substituents is 1. The fourth-order valence-electron chi connectivity index (χ4n) is 2.95. The molecule has 1 heterocycles. The Morgan fingerprint density at radius 1 is 1.41 bits per heavy atom. The van der Waals surface area contributed by atoms with Crippen molar-refractivity contribution in [2.24, 2.45) is 0 Å². The molecule has 0 aliphatic carbocycles. The Hall–Kier alpha value is -1.10. The first-order valence-corrected chi connectivity index (χ1v) is 8.47. The van der Waals surface area contributed by atoms with Gasteiger partial charge in [0.1, 0.15) is 5.75 Å². The zero-order valence-electron chi connectivity index (χ0n) is 13.8. The molecule has 0 unspecified atom stereocenters. The topological polar surface area (TPSA) is 41.9 Å². The molecule has 1 aliphatic rings. The third-order valence-electron chi connectivity index (χ3n) is 4.34. The highest BCUT2D eigenvalue weighted by molar-refractivity contribution is 5.29. The molecule has 0 amide bonds. The van der Waals surface area contributed by atoms with Crippen molar-refractivity contribution in [1.82, 2.24) is 4.90 Å². The standard InChI is InChI=1S/C18H29NO3/c1-3-19(15(2)16-8-6-9-17(20)14-16)11-7-13-22-18-10-4-5-12-21-18/h6,8-9,14-15,18,20H,3-5,7,10-13H2,1-2H3/t15-,18+/m0/s1. The number of ether oxygens (including phenoxy) is 2. The maximum Gasteiger partial charge on any atom is 0.157 e. The van der Waals surface area contributed by atoms with Gasteiger partial charge < -0.3 is 14.6 Å². The molecule has 124 valence electrons. The van der Waals surface area contributed by atoms with Crippen molar-refractivity contribution >= 4 is 0 Å². The first-order chi connectivity index (χ1) is 10.7. The lowest BCUT2D eigenvalue weighted by Crippen LogP contribution is -2.29. The molecule has 0 bridgehead atoms. The Morgan fingerprint density at radius 2 is 2.27 bits per heavy atom. The van der Waals surface area contributed by atoms with Gasteiger partial charge in [-0.05, 0) is 56.8 Å². The van der Waals surface area contributed by atoms with Crippen LogP contribution in [0.3, 0.4) is 0 Å². The number of nitrogens with zero attached hydrogens (tertiary/aromatic N) is 1. The molecule has 1 aromatic rings. The van der Waals surface area contributed by atoms with E-state index in [1.54, 1.807) is 6.07 Å². The quantitative estimate of drug-likeness (QED) is 0.743. The van der Waals surface area contributed by atoms with Crippen LogP contribution in [0.15, 0.2) is 24.3 Å².